The number of nitrogens with zero attached hydrogens (tertiary/aromatic N) is 3. The molecule has 0 bridgehead atoms. The van der Waals surface area contributed by atoms with Crippen molar-refractivity contribution in [1.29, 1.82) is 0 Å². The second kappa shape index (κ2) is 7.01. The summed E-state index contributed by atoms with van der Waals surface area (Å²) in [5, 5.41) is 15.1. The van der Waals surface area contributed by atoms with E-state index < -0.39 is 5.91 Å². The molecule has 0 aliphatic rings. The Morgan fingerprint density at radius 1 is 1.21 bits per heavy atom. The van der Waals surface area contributed by atoms with Gasteiger partial charge in [0.25, 0.3) is 11.8 Å². The third-order valence-corrected chi connectivity index (χ3v) is 3.73. The number of nitrogens with one attached hydrogen (secondary N) is 2. The summed E-state index contributed by atoms with van der Waals surface area (Å²) in [4.78, 5) is 27.9. The lowest BCUT2D eigenvalue weighted by Crippen LogP contribution is -2.32. The standard InChI is InChI=1S/C15H13N5O3S/c1-9-17-11(8-24-9)14-19-20-15(23-14)18-12(21)7-16-13(22)10-5-3-2-4-6-10/h2-6,8H,7H2,1H3,(H,16,22)(H,18,20,21). The molecule has 3 rings (SSSR count). The van der Waals surface area contributed by atoms with Crippen LogP contribution in [0.4, 0.5) is 6.01 Å². The maximum Gasteiger partial charge on any atom is 0.322 e. The van der Waals surface area contributed by atoms with Crippen LogP contribution in [0.25, 0.3) is 11.6 Å². The zero-order valence-corrected chi connectivity index (χ0v) is 13.5. The number of rotatable bonds is 5. The van der Waals surface area contributed by atoms with E-state index in [0.29, 0.717) is 11.3 Å². The maximum atomic E-state index is 11.8. The van der Waals surface area contributed by atoms with E-state index in [0.717, 1.165) is 5.01 Å². The minimum Gasteiger partial charge on any atom is -0.401 e. The normalized spacial score (nSPS) is 10.4. The first-order chi connectivity index (χ1) is 11.6. The Balaban J connectivity index is 1.54. The first-order valence-corrected chi connectivity index (χ1v) is 7.89. The summed E-state index contributed by atoms with van der Waals surface area (Å²) in [7, 11) is 0. The minimum absolute atomic E-state index is 0.0467. The van der Waals surface area contributed by atoms with Crippen molar-refractivity contribution < 1.29 is 14.0 Å². The molecular weight excluding hydrogens is 330 g/mol. The minimum atomic E-state index is -0.469. The number of carbonyl (C=O) groups excluding carboxylic acids is 2. The van der Waals surface area contributed by atoms with Gasteiger partial charge in [0.2, 0.25) is 5.91 Å². The second-order valence-corrected chi connectivity index (χ2v) is 5.82. The maximum absolute atomic E-state index is 11.8. The van der Waals surface area contributed by atoms with Gasteiger partial charge in [0.1, 0.15) is 5.69 Å². The lowest BCUT2D eigenvalue weighted by atomic mass is 10.2. The van der Waals surface area contributed by atoms with Gasteiger partial charge in [0.05, 0.1) is 11.6 Å². The zero-order valence-electron chi connectivity index (χ0n) is 12.6. The Morgan fingerprint density at radius 3 is 2.71 bits per heavy atom. The summed E-state index contributed by atoms with van der Waals surface area (Å²) in [5.74, 6) is -0.582. The summed E-state index contributed by atoms with van der Waals surface area (Å²) in [6.07, 6.45) is 0. The molecule has 0 saturated carbocycles. The van der Waals surface area contributed by atoms with Crippen LogP contribution in [0.2, 0.25) is 0 Å². The SMILES string of the molecule is Cc1nc(-c2nnc(NC(=O)CNC(=O)c3ccccc3)o2)cs1. The molecule has 0 saturated heterocycles. The predicted octanol–water partition coefficient (Wildman–Crippen LogP) is 1.87. The number of amides is 2. The van der Waals surface area contributed by atoms with Gasteiger partial charge in [0.15, 0.2) is 0 Å². The quantitative estimate of drug-likeness (QED) is 0.732. The molecule has 0 fully saturated rings. The number of carbonyl (C=O) groups is 2. The van der Waals surface area contributed by atoms with Crippen LogP contribution in [0.3, 0.4) is 0 Å². The lowest BCUT2D eigenvalue weighted by Gasteiger charge is -2.04. The van der Waals surface area contributed by atoms with Crippen LogP contribution < -0.4 is 10.6 Å². The van der Waals surface area contributed by atoms with E-state index >= 15 is 0 Å². The Kier molecular flexibility index (Phi) is 4.62. The number of aryl methyl sites for hydroxylation is 1. The Hall–Kier alpha value is -3.07. The van der Waals surface area contributed by atoms with Crippen molar-refractivity contribution in [2.24, 2.45) is 0 Å². The van der Waals surface area contributed by atoms with E-state index in [9.17, 15) is 9.59 Å². The van der Waals surface area contributed by atoms with Crippen LogP contribution in [0.15, 0.2) is 40.1 Å². The highest BCUT2D eigenvalue weighted by molar-refractivity contribution is 7.09. The van der Waals surface area contributed by atoms with Gasteiger partial charge in [0, 0.05) is 10.9 Å². The highest BCUT2D eigenvalue weighted by atomic mass is 32.1. The Labute approximate surface area is 140 Å². The van der Waals surface area contributed by atoms with Gasteiger partial charge < -0.3 is 9.73 Å². The van der Waals surface area contributed by atoms with Crippen molar-refractivity contribution in [3.05, 3.63) is 46.3 Å². The van der Waals surface area contributed by atoms with E-state index in [1.807, 2.05) is 6.92 Å². The highest BCUT2D eigenvalue weighted by Gasteiger charge is 2.14. The van der Waals surface area contributed by atoms with Crippen LogP contribution in [-0.4, -0.2) is 33.5 Å². The van der Waals surface area contributed by atoms with Gasteiger partial charge in [-0.15, -0.1) is 16.4 Å². The van der Waals surface area contributed by atoms with Gasteiger partial charge in [-0.05, 0) is 19.1 Å². The van der Waals surface area contributed by atoms with Crippen LogP contribution in [0, 0.1) is 6.92 Å². The van der Waals surface area contributed by atoms with Gasteiger partial charge in [-0.2, -0.15) is 0 Å². The number of hydrogen-bond donors (Lipinski definition) is 2. The summed E-state index contributed by atoms with van der Waals surface area (Å²) in [5.41, 5.74) is 1.03. The molecular formula is C15H13N5O3S. The third kappa shape index (κ3) is 3.82. The number of benzene rings is 1. The molecule has 1 aromatic carbocycles. The number of anilines is 1. The molecule has 0 unspecified atom stereocenters. The van der Waals surface area contributed by atoms with Crippen molar-refractivity contribution >= 4 is 29.2 Å². The van der Waals surface area contributed by atoms with Crippen LogP contribution in [-0.2, 0) is 4.79 Å². The third-order valence-electron chi connectivity index (χ3n) is 2.95. The van der Waals surface area contributed by atoms with Gasteiger partial charge in [-0.3, -0.25) is 14.9 Å². The summed E-state index contributed by atoms with van der Waals surface area (Å²) in [6.45, 7) is 1.66. The molecule has 0 atom stereocenters. The highest BCUT2D eigenvalue weighted by Crippen LogP contribution is 2.21. The van der Waals surface area contributed by atoms with Crippen LogP contribution >= 0.6 is 11.3 Å². The lowest BCUT2D eigenvalue weighted by molar-refractivity contribution is -0.115. The average molecular weight is 343 g/mol. The van der Waals surface area contributed by atoms with E-state index in [2.05, 4.69) is 25.8 Å². The smallest absolute Gasteiger partial charge is 0.322 e. The first-order valence-electron chi connectivity index (χ1n) is 7.01. The van der Waals surface area contributed by atoms with E-state index in [4.69, 9.17) is 4.42 Å². The molecule has 0 aliphatic heterocycles. The van der Waals surface area contributed by atoms with Crippen molar-refractivity contribution in [2.75, 3.05) is 11.9 Å². The summed E-state index contributed by atoms with van der Waals surface area (Å²) in [6, 6.07) is 8.57. The molecule has 9 heteroatoms. The average Bonchev–Trinajstić information content (AvgIpc) is 3.22. The van der Waals surface area contributed by atoms with E-state index in [1.165, 1.54) is 11.3 Å². The van der Waals surface area contributed by atoms with Crippen LogP contribution in [0.1, 0.15) is 15.4 Å². The summed E-state index contributed by atoms with van der Waals surface area (Å²) < 4.78 is 5.32. The number of aromatic nitrogens is 3. The molecule has 2 N–H and O–H groups in total. The first kappa shape index (κ1) is 15.8. The van der Waals surface area contributed by atoms with Gasteiger partial charge in [-0.1, -0.05) is 23.3 Å². The molecule has 2 amide bonds. The van der Waals surface area contributed by atoms with Crippen molar-refractivity contribution in [3.8, 4) is 11.6 Å². The molecule has 0 spiro atoms. The molecule has 24 heavy (non-hydrogen) atoms. The Bertz CT molecular complexity index is 859. The topological polar surface area (TPSA) is 110 Å². The molecule has 122 valence electrons. The fourth-order valence-corrected chi connectivity index (χ4v) is 2.44. The van der Waals surface area contributed by atoms with E-state index in [1.54, 1.807) is 35.7 Å². The molecule has 2 heterocycles. The zero-order chi connectivity index (χ0) is 16.9. The van der Waals surface area contributed by atoms with Gasteiger partial charge >= 0.3 is 6.01 Å². The Morgan fingerprint density at radius 2 is 2.00 bits per heavy atom. The molecule has 0 radical (unpaired) electrons. The summed E-state index contributed by atoms with van der Waals surface area (Å²) >= 11 is 1.46. The van der Waals surface area contributed by atoms with Crippen molar-refractivity contribution in [2.45, 2.75) is 6.92 Å². The molecule has 8 nitrogen and oxygen atoms in total. The molecule has 3 aromatic rings. The number of hydrogen-bond acceptors (Lipinski definition) is 7. The van der Waals surface area contributed by atoms with E-state index in [-0.39, 0.29) is 24.4 Å². The second-order valence-electron chi connectivity index (χ2n) is 4.76. The monoisotopic (exact) mass is 343 g/mol. The fraction of sp³-hybridized carbons (Fsp3) is 0.133. The molecule has 2 aromatic heterocycles. The fourth-order valence-electron chi connectivity index (χ4n) is 1.85. The van der Waals surface area contributed by atoms with Crippen LogP contribution in [0.5, 0.6) is 0 Å². The van der Waals surface area contributed by atoms with Crippen molar-refractivity contribution in [1.82, 2.24) is 20.5 Å². The van der Waals surface area contributed by atoms with Gasteiger partial charge in [-0.25, -0.2) is 4.98 Å². The largest absolute Gasteiger partial charge is 0.401 e. The number of thiazole rings is 1. The predicted molar refractivity (Wildman–Crippen MR) is 87.5 cm³/mol. The van der Waals surface area contributed by atoms with Crippen molar-refractivity contribution in [3.63, 3.8) is 0 Å². The molecule has 0 aliphatic carbocycles.